The molecule has 2 fully saturated rings. The van der Waals surface area contributed by atoms with Crippen LogP contribution < -0.4 is 5.32 Å². The van der Waals surface area contributed by atoms with Crippen LogP contribution >= 0.6 is 11.8 Å². The number of nitrogens with one attached hydrogen (secondary N) is 1. The van der Waals surface area contributed by atoms with E-state index in [1.54, 1.807) is 0 Å². The molecule has 88 valence electrons. The van der Waals surface area contributed by atoms with Crippen LogP contribution in [0.1, 0.15) is 51.9 Å². The van der Waals surface area contributed by atoms with Crippen molar-refractivity contribution in [2.24, 2.45) is 5.92 Å². The van der Waals surface area contributed by atoms with E-state index in [9.17, 15) is 0 Å². The van der Waals surface area contributed by atoms with Gasteiger partial charge in [-0.3, -0.25) is 0 Å². The molecule has 0 aromatic rings. The van der Waals surface area contributed by atoms with E-state index in [2.05, 4.69) is 24.0 Å². The molecule has 3 unspecified atom stereocenters. The minimum absolute atomic E-state index is 0.830. The molecule has 1 N–H and O–H groups in total. The molecule has 2 heteroatoms. The molecule has 1 heterocycles. The van der Waals surface area contributed by atoms with Gasteiger partial charge >= 0.3 is 0 Å². The summed E-state index contributed by atoms with van der Waals surface area (Å²) in [5.41, 5.74) is 0. The smallest absolute Gasteiger partial charge is 0.0172 e. The molecule has 0 bridgehead atoms. The minimum atomic E-state index is 0.830. The number of hydrogen-bond donors (Lipinski definition) is 1. The van der Waals surface area contributed by atoms with Crippen molar-refractivity contribution in [1.82, 2.24) is 5.32 Å². The van der Waals surface area contributed by atoms with E-state index in [1.165, 1.54) is 57.2 Å². The van der Waals surface area contributed by atoms with Crippen LogP contribution in [0.2, 0.25) is 0 Å². The zero-order valence-electron chi connectivity index (χ0n) is 10.0. The number of rotatable bonds is 3. The SMILES string of the molecule is CC1CCCC(NCC2CCCS2)CC1. The number of thioether (sulfide) groups is 1. The second-order valence-electron chi connectivity index (χ2n) is 5.35. The minimum Gasteiger partial charge on any atom is -0.313 e. The second-order valence-corrected chi connectivity index (χ2v) is 6.76. The van der Waals surface area contributed by atoms with Gasteiger partial charge in [-0.25, -0.2) is 0 Å². The first-order valence-corrected chi connectivity index (χ1v) is 7.74. The van der Waals surface area contributed by atoms with Crippen LogP contribution in [0.3, 0.4) is 0 Å². The van der Waals surface area contributed by atoms with Gasteiger partial charge in [0.05, 0.1) is 0 Å². The van der Waals surface area contributed by atoms with E-state index in [0.717, 1.165) is 17.2 Å². The Balaban J connectivity index is 1.64. The fourth-order valence-corrected chi connectivity index (χ4v) is 4.01. The van der Waals surface area contributed by atoms with Crippen molar-refractivity contribution in [3.05, 3.63) is 0 Å². The van der Waals surface area contributed by atoms with Crippen LogP contribution in [0.4, 0.5) is 0 Å². The van der Waals surface area contributed by atoms with E-state index in [0.29, 0.717) is 0 Å². The first kappa shape index (κ1) is 11.8. The van der Waals surface area contributed by atoms with Gasteiger partial charge < -0.3 is 5.32 Å². The third-order valence-corrected chi connectivity index (χ3v) is 5.31. The van der Waals surface area contributed by atoms with Crippen molar-refractivity contribution in [2.45, 2.75) is 63.2 Å². The summed E-state index contributed by atoms with van der Waals surface area (Å²) in [7, 11) is 0. The van der Waals surface area contributed by atoms with Gasteiger partial charge in [-0.1, -0.05) is 19.8 Å². The van der Waals surface area contributed by atoms with Gasteiger partial charge in [-0.05, 0) is 43.8 Å². The molecule has 1 nitrogen and oxygen atoms in total. The number of hydrogen-bond acceptors (Lipinski definition) is 2. The maximum absolute atomic E-state index is 3.80. The molecule has 1 aliphatic heterocycles. The second kappa shape index (κ2) is 6.15. The maximum atomic E-state index is 3.80. The lowest BCUT2D eigenvalue weighted by molar-refractivity contribution is 0.446. The van der Waals surface area contributed by atoms with Crippen molar-refractivity contribution >= 4 is 11.8 Å². The molecule has 2 aliphatic rings. The molecule has 15 heavy (non-hydrogen) atoms. The highest BCUT2D eigenvalue weighted by molar-refractivity contribution is 8.00. The Morgan fingerprint density at radius 1 is 1.07 bits per heavy atom. The Morgan fingerprint density at radius 3 is 2.80 bits per heavy atom. The lowest BCUT2D eigenvalue weighted by Gasteiger charge is -2.18. The van der Waals surface area contributed by atoms with Crippen LogP contribution in [0.5, 0.6) is 0 Å². The van der Waals surface area contributed by atoms with Crippen molar-refractivity contribution in [3.8, 4) is 0 Å². The zero-order chi connectivity index (χ0) is 10.5. The fraction of sp³-hybridized carbons (Fsp3) is 1.00. The summed E-state index contributed by atoms with van der Waals surface area (Å²) in [6.07, 6.45) is 10.1. The molecule has 2 rings (SSSR count). The quantitative estimate of drug-likeness (QED) is 0.741. The molecule has 1 saturated heterocycles. The van der Waals surface area contributed by atoms with Gasteiger partial charge in [-0.15, -0.1) is 0 Å². The summed E-state index contributed by atoms with van der Waals surface area (Å²) in [5.74, 6) is 2.37. The molecular formula is C13H25NS. The Labute approximate surface area is 98.8 Å². The highest BCUT2D eigenvalue weighted by Crippen LogP contribution is 2.26. The Kier molecular flexibility index (Phi) is 4.83. The lowest BCUT2D eigenvalue weighted by Crippen LogP contribution is -2.33. The Bertz CT molecular complexity index is 177. The topological polar surface area (TPSA) is 12.0 Å². The molecular weight excluding hydrogens is 202 g/mol. The van der Waals surface area contributed by atoms with E-state index < -0.39 is 0 Å². The van der Waals surface area contributed by atoms with E-state index in [-0.39, 0.29) is 0 Å². The highest BCUT2D eigenvalue weighted by atomic mass is 32.2. The van der Waals surface area contributed by atoms with Gasteiger partial charge in [0, 0.05) is 17.8 Å². The molecule has 0 spiro atoms. The monoisotopic (exact) mass is 227 g/mol. The van der Waals surface area contributed by atoms with Crippen LogP contribution in [-0.4, -0.2) is 23.6 Å². The molecule has 0 aromatic heterocycles. The summed E-state index contributed by atoms with van der Waals surface area (Å²) >= 11 is 2.17. The third kappa shape index (κ3) is 3.99. The van der Waals surface area contributed by atoms with Crippen LogP contribution in [-0.2, 0) is 0 Å². The summed E-state index contributed by atoms with van der Waals surface area (Å²) in [4.78, 5) is 0. The van der Waals surface area contributed by atoms with E-state index in [1.807, 2.05) is 0 Å². The summed E-state index contributed by atoms with van der Waals surface area (Å²) in [6.45, 7) is 3.68. The van der Waals surface area contributed by atoms with Crippen LogP contribution in [0, 0.1) is 5.92 Å². The normalized spacial score (nSPS) is 37.8. The Hall–Kier alpha value is 0.310. The third-order valence-electron chi connectivity index (χ3n) is 3.92. The van der Waals surface area contributed by atoms with Gasteiger partial charge in [-0.2, -0.15) is 11.8 Å². The van der Waals surface area contributed by atoms with Crippen molar-refractivity contribution in [1.29, 1.82) is 0 Å². The summed E-state index contributed by atoms with van der Waals surface area (Å²) < 4.78 is 0. The summed E-state index contributed by atoms with van der Waals surface area (Å²) in [5, 5.41) is 4.73. The first-order chi connectivity index (χ1) is 7.34. The van der Waals surface area contributed by atoms with E-state index >= 15 is 0 Å². The standard InChI is InChI=1S/C13H25NS/c1-11-4-2-5-12(8-7-11)14-10-13-6-3-9-15-13/h11-14H,2-10H2,1H3. The van der Waals surface area contributed by atoms with Gasteiger partial charge in [0.15, 0.2) is 0 Å². The largest absolute Gasteiger partial charge is 0.313 e. The molecule has 1 aliphatic carbocycles. The van der Waals surface area contributed by atoms with Crippen molar-refractivity contribution in [3.63, 3.8) is 0 Å². The fourth-order valence-electron chi connectivity index (χ4n) is 2.79. The molecule has 3 atom stereocenters. The lowest BCUT2D eigenvalue weighted by atomic mass is 10.0. The van der Waals surface area contributed by atoms with E-state index in [4.69, 9.17) is 0 Å². The molecule has 1 saturated carbocycles. The zero-order valence-corrected chi connectivity index (χ0v) is 10.8. The molecule has 0 radical (unpaired) electrons. The van der Waals surface area contributed by atoms with Crippen LogP contribution in [0.25, 0.3) is 0 Å². The molecule has 0 aromatic carbocycles. The van der Waals surface area contributed by atoms with Gasteiger partial charge in [0.1, 0.15) is 0 Å². The van der Waals surface area contributed by atoms with Crippen molar-refractivity contribution < 1.29 is 0 Å². The average Bonchev–Trinajstić information content (AvgIpc) is 2.66. The predicted octanol–water partition coefficient (Wildman–Crippen LogP) is 3.44. The predicted molar refractivity (Wildman–Crippen MR) is 69.5 cm³/mol. The summed E-state index contributed by atoms with van der Waals surface area (Å²) in [6, 6.07) is 0.830. The molecule has 0 amide bonds. The van der Waals surface area contributed by atoms with Gasteiger partial charge in [0.2, 0.25) is 0 Å². The van der Waals surface area contributed by atoms with Crippen LogP contribution in [0.15, 0.2) is 0 Å². The highest BCUT2D eigenvalue weighted by Gasteiger charge is 2.19. The average molecular weight is 227 g/mol. The first-order valence-electron chi connectivity index (χ1n) is 6.69. The maximum Gasteiger partial charge on any atom is 0.0172 e. The van der Waals surface area contributed by atoms with Gasteiger partial charge in [0.25, 0.3) is 0 Å². The Morgan fingerprint density at radius 2 is 2.00 bits per heavy atom. The van der Waals surface area contributed by atoms with Crippen molar-refractivity contribution in [2.75, 3.05) is 12.3 Å².